The molecule has 0 bridgehead atoms. The van der Waals surface area contributed by atoms with E-state index in [0.29, 0.717) is 17.0 Å². The van der Waals surface area contributed by atoms with Gasteiger partial charge in [0.25, 0.3) is 5.91 Å². The molecule has 0 saturated heterocycles. The number of thiazole rings is 1. The molecule has 2 aromatic rings. The average molecular weight is 330 g/mol. The third-order valence-corrected chi connectivity index (χ3v) is 4.11. The van der Waals surface area contributed by atoms with Crippen molar-refractivity contribution in [2.24, 2.45) is 0 Å². The number of carbonyl (C=O) groups excluding carboxylic acids is 1. The van der Waals surface area contributed by atoms with Gasteiger partial charge in [-0.25, -0.2) is 4.98 Å². The van der Waals surface area contributed by atoms with E-state index in [-0.39, 0.29) is 11.7 Å². The van der Waals surface area contributed by atoms with E-state index in [1.54, 1.807) is 25.4 Å². The van der Waals surface area contributed by atoms with Gasteiger partial charge in [0.15, 0.2) is 11.5 Å². The second-order valence-corrected chi connectivity index (χ2v) is 5.76. The van der Waals surface area contributed by atoms with Gasteiger partial charge in [0.1, 0.15) is 9.88 Å². The van der Waals surface area contributed by atoms with Gasteiger partial charge in [-0.1, -0.05) is 12.2 Å². The molecule has 1 amide bonds. The molecule has 1 aromatic heterocycles. The van der Waals surface area contributed by atoms with Gasteiger partial charge in [-0.2, -0.15) is 0 Å². The third-order valence-electron chi connectivity index (χ3n) is 3.15. The van der Waals surface area contributed by atoms with E-state index >= 15 is 0 Å². The maximum atomic E-state index is 11.5. The summed E-state index contributed by atoms with van der Waals surface area (Å²) >= 11 is 1.31. The average Bonchev–Trinajstić information content (AvgIpc) is 3.03. The van der Waals surface area contributed by atoms with Crippen LogP contribution in [0.3, 0.4) is 0 Å². The van der Waals surface area contributed by atoms with Crippen molar-refractivity contribution >= 4 is 29.4 Å². The summed E-state index contributed by atoms with van der Waals surface area (Å²) in [6.07, 6.45) is 7.49. The Morgan fingerprint density at radius 2 is 2.26 bits per heavy atom. The van der Waals surface area contributed by atoms with Crippen LogP contribution in [-0.4, -0.2) is 30.2 Å². The van der Waals surface area contributed by atoms with Crippen molar-refractivity contribution in [2.75, 3.05) is 14.2 Å². The Morgan fingerprint density at radius 1 is 1.48 bits per heavy atom. The van der Waals surface area contributed by atoms with E-state index in [1.807, 2.05) is 18.2 Å². The van der Waals surface area contributed by atoms with Crippen LogP contribution in [0.2, 0.25) is 0 Å². The van der Waals surface area contributed by atoms with Gasteiger partial charge < -0.3 is 15.2 Å². The van der Waals surface area contributed by atoms with Crippen LogP contribution in [0.5, 0.6) is 11.5 Å². The highest BCUT2D eigenvalue weighted by atomic mass is 32.1. The van der Waals surface area contributed by atoms with Crippen LogP contribution in [0.15, 0.2) is 31.0 Å². The number of nitrogens with one attached hydrogen (secondary N) is 1. The van der Waals surface area contributed by atoms with Gasteiger partial charge in [0.2, 0.25) is 0 Å². The molecule has 2 N–H and O–H groups in total. The van der Waals surface area contributed by atoms with Crippen molar-refractivity contribution in [3.63, 3.8) is 0 Å². The summed E-state index contributed by atoms with van der Waals surface area (Å²) in [6, 6.07) is 3.61. The number of phenols is 1. The molecule has 1 heterocycles. The summed E-state index contributed by atoms with van der Waals surface area (Å²) in [7, 11) is 3.10. The molecule has 0 fully saturated rings. The molecule has 0 aliphatic carbocycles. The molecule has 120 valence electrons. The van der Waals surface area contributed by atoms with Crippen molar-refractivity contribution in [3.8, 4) is 11.5 Å². The largest absolute Gasteiger partial charge is 0.504 e. The monoisotopic (exact) mass is 330 g/mol. The van der Waals surface area contributed by atoms with Gasteiger partial charge in [-0.3, -0.25) is 4.79 Å². The van der Waals surface area contributed by atoms with Gasteiger partial charge in [0.05, 0.1) is 13.3 Å². The molecule has 6 heteroatoms. The van der Waals surface area contributed by atoms with E-state index in [1.165, 1.54) is 18.4 Å². The first-order chi connectivity index (χ1) is 11.1. The highest BCUT2D eigenvalue weighted by molar-refractivity contribution is 7.14. The summed E-state index contributed by atoms with van der Waals surface area (Å²) in [5, 5.41) is 13.4. The molecule has 0 spiro atoms. The van der Waals surface area contributed by atoms with Gasteiger partial charge in [-0.05, 0) is 30.2 Å². The van der Waals surface area contributed by atoms with E-state index in [0.717, 1.165) is 16.1 Å². The molecule has 0 radical (unpaired) electrons. The summed E-state index contributed by atoms with van der Waals surface area (Å²) in [5.74, 6) is 0.386. The summed E-state index contributed by atoms with van der Waals surface area (Å²) in [4.78, 5) is 16.3. The Hall–Kier alpha value is -2.60. The first kappa shape index (κ1) is 16.8. The Bertz CT molecular complexity index is 750. The smallest absolute Gasteiger partial charge is 0.262 e. The van der Waals surface area contributed by atoms with Crippen LogP contribution >= 0.6 is 11.3 Å². The molecule has 5 nitrogen and oxygen atoms in total. The number of ether oxygens (including phenoxy) is 1. The zero-order chi connectivity index (χ0) is 16.8. The van der Waals surface area contributed by atoms with Crippen molar-refractivity contribution in [1.82, 2.24) is 10.3 Å². The maximum absolute atomic E-state index is 11.5. The third kappa shape index (κ3) is 3.98. The Labute approximate surface area is 139 Å². The minimum atomic E-state index is -0.151. The predicted molar refractivity (Wildman–Crippen MR) is 93.0 cm³/mol. The molecule has 0 unspecified atom stereocenters. The van der Waals surface area contributed by atoms with E-state index < -0.39 is 0 Å². The second-order valence-electron chi connectivity index (χ2n) is 4.70. The predicted octanol–water partition coefficient (Wildman–Crippen LogP) is 3.12. The number of hydrogen-bond acceptors (Lipinski definition) is 5. The lowest BCUT2D eigenvalue weighted by Gasteiger charge is -2.09. The number of phenolic OH excluding ortho intramolecular Hbond substituents is 1. The fourth-order valence-electron chi connectivity index (χ4n) is 2.01. The number of aromatic hydroxyl groups is 1. The number of carbonyl (C=O) groups is 1. The minimum absolute atomic E-state index is 0.126. The van der Waals surface area contributed by atoms with Crippen LogP contribution in [0.1, 0.15) is 25.8 Å². The Balaban J connectivity index is 2.28. The summed E-state index contributed by atoms with van der Waals surface area (Å²) in [6.45, 7) is 3.69. The quantitative estimate of drug-likeness (QED) is 0.798. The number of rotatable bonds is 6. The molecule has 0 aliphatic rings. The lowest BCUT2D eigenvalue weighted by atomic mass is 10.1. The number of allylic oxidation sites excluding steroid dienone is 1. The zero-order valence-electron chi connectivity index (χ0n) is 13.0. The maximum Gasteiger partial charge on any atom is 0.262 e. The minimum Gasteiger partial charge on any atom is -0.504 e. The van der Waals surface area contributed by atoms with Crippen molar-refractivity contribution in [2.45, 2.75) is 6.42 Å². The first-order valence-corrected chi connectivity index (χ1v) is 7.77. The fourth-order valence-corrected chi connectivity index (χ4v) is 2.78. The zero-order valence-corrected chi connectivity index (χ0v) is 13.8. The van der Waals surface area contributed by atoms with Crippen LogP contribution in [-0.2, 0) is 6.42 Å². The molecule has 0 atom stereocenters. The Morgan fingerprint density at radius 3 is 2.91 bits per heavy atom. The van der Waals surface area contributed by atoms with Crippen molar-refractivity contribution in [3.05, 3.63) is 52.0 Å². The second kappa shape index (κ2) is 7.60. The van der Waals surface area contributed by atoms with Crippen LogP contribution in [0.4, 0.5) is 0 Å². The van der Waals surface area contributed by atoms with Crippen molar-refractivity contribution < 1.29 is 14.6 Å². The SMILES string of the molecule is C=CCc1cc(/C=C\c2ncc(C(=O)NC)s2)cc(OC)c1O. The van der Waals surface area contributed by atoms with E-state index in [9.17, 15) is 9.90 Å². The van der Waals surface area contributed by atoms with Crippen LogP contribution < -0.4 is 10.1 Å². The lowest BCUT2D eigenvalue weighted by molar-refractivity contribution is 0.0967. The normalized spacial score (nSPS) is 10.7. The molecular formula is C17H18N2O3S. The topological polar surface area (TPSA) is 71.5 Å². The molecule has 2 rings (SSSR count). The highest BCUT2D eigenvalue weighted by Gasteiger charge is 2.09. The molecule has 1 aromatic carbocycles. The number of benzene rings is 1. The number of amides is 1. The lowest BCUT2D eigenvalue weighted by Crippen LogP contribution is -2.16. The number of methoxy groups -OCH3 is 1. The van der Waals surface area contributed by atoms with Crippen LogP contribution in [0, 0.1) is 0 Å². The van der Waals surface area contributed by atoms with Gasteiger partial charge >= 0.3 is 0 Å². The van der Waals surface area contributed by atoms with E-state index in [4.69, 9.17) is 4.74 Å². The summed E-state index contributed by atoms with van der Waals surface area (Å²) < 4.78 is 5.19. The van der Waals surface area contributed by atoms with Crippen molar-refractivity contribution in [1.29, 1.82) is 0 Å². The van der Waals surface area contributed by atoms with Gasteiger partial charge in [-0.15, -0.1) is 17.9 Å². The van der Waals surface area contributed by atoms with E-state index in [2.05, 4.69) is 16.9 Å². The van der Waals surface area contributed by atoms with Gasteiger partial charge in [0, 0.05) is 12.6 Å². The summed E-state index contributed by atoms with van der Waals surface area (Å²) in [5.41, 5.74) is 1.61. The number of hydrogen-bond donors (Lipinski definition) is 2. The standard InChI is InChI=1S/C17H18N2O3S/c1-4-5-12-8-11(9-13(22-3)16(12)20)6-7-15-19-10-14(23-15)17(21)18-2/h4,6-10,20H,1,5H2,2-3H3,(H,18,21)/b7-6-. The molecule has 0 aliphatic heterocycles. The number of nitrogens with zero attached hydrogens (tertiary/aromatic N) is 1. The molecular weight excluding hydrogens is 312 g/mol. The highest BCUT2D eigenvalue weighted by Crippen LogP contribution is 2.32. The first-order valence-electron chi connectivity index (χ1n) is 6.95. The molecule has 23 heavy (non-hydrogen) atoms. The molecule has 0 saturated carbocycles. The number of aromatic nitrogens is 1. The van der Waals surface area contributed by atoms with Crippen LogP contribution in [0.25, 0.3) is 12.2 Å². The fraction of sp³-hybridized carbons (Fsp3) is 0.176. The Kier molecular flexibility index (Phi) is 5.54.